The molecule has 1 fully saturated rings. The lowest BCUT2D eigenvalue weighted by Gasteiger charge is -2.39. The second-order valence-electron chi connectivity index (χ2n) is 8.85. The number of nitrogens with zero attached hydrogens (tertiary/aromatic N) is 5. The van der Waals surface area contributed by atoms with Gasteiger partial charge in [-0.05, 0) is 56.4 Å². The molecule has 1 aromatic heterocycles. The number of halogens is 1. The lowest BCUT2D eigenvalue weighted by molar-refractivity contribution is 0.201. The SMILES string of the molecule is COc1ccc(OC)c(CN(C(=O)O)c2ccnc(Nc3ccc(N4CCN(C)C(C)C4)c(F)c3)n2)c1. The van der Waals surface area contributed by atoms with Crippen LogP contribution in [-0.4, -0.2) is 73.0 Å². The predicted octanol–water partition coefficient (Wildman–Crippen LogP) is 4.20. The summed E-state index contributed by atoms with van der Waals surface area (Å²) in [6.07, 6.45) is 0.242. The Morgan fingerprint density at radius 3 is 2.68 bits per heavy atom. The zero-order valence-electron chi connectivity index (χ0n) is 21.3. The lowest BCUT2D eigenvalue weighted by atomic mass is 10.1. The fourth-order valence-electron chi connectivity index (χ4n) is 4.22. The Bertz CT molecular complexity index is 1260. The van der Waals surface area contributed by atoms with Gasteiger partial charge in [0.2, 0.25) is 5.95 Å². The van der Waals surface area contributed by atoms with E-state index in [-0.39, 0.29) is 24.1 Å². The molecule has 11 heteroatoms. The highest BCUT2D eigenvalue weighted by atomic mass is 19.1. The molecule has 1 amide bonds. The highest BCUT2D eigenvalue weighted by Gasteiger charge is 2.23. The van der Waals surface area contributed by atoms with E-state index in [9.17, 15) is 9.90 Å². The van der Waals surface area contributed by atoms with Crippen molar-refractivity contribution in [3.63, 3.8) is 0 Å². The van der Waals surface area contributed by atoms with E-state index < -0.39 is 6.09 Å². The van der Waals surface area contributed by atoms with E-state index in [1.807, 2.05) is 4.90 Å². The van der Waals surface area contributed by atoms with Crippen LogP contribution in [0.3, 0.4) is 0 Å². The molecule has 1 saturated heterocycles. The molecule has 0 spiro atoms. The third-order valence-corrected chi connectivity index (χ3v) is 6.47. The zero-order chi connectivity index (χ0) is 26.5. The Morgan fingerprint density at radius 1 is 1.19 bits per heavy atom. The van der Waals surface area contributed by atoms with Crippen molar-refractivity contribution in [3.8, 4) is 11.5 Å². The van der Waals surface area contributed by atoms with Crippen LogP contribution in [0.5, 0.6) is 11.5 Å². The predicted molar refractivity (Wildman–Crippen MR) is 140 cm³/mol. The molecule has 0 saturated carbocycles. The van der Waals surface area contributed by atoms with Crippen LogP contribution in [0.4, 0.5) is 32.3 Å². The van der Waals surface area contributed by atoms with E-state index in [4.69, 9.17) is 9.47 Å². The summed E-state index contributed by atoms with van der Waals surface area (Å²) in [6.45, 7) is 4.45. The molecule has 1 unspecified atom stereocenters. The number of methoxy groups -OCH3 is 2. The van der Waals surface area contributed by atoms with Gasteiger partial charge in [-0.2, -0.15) is 4.98 Å². The molecule has 37 heavy (non-hydrogen) atoms. The zero-order valence-corrected chi connectivity index (χ0v) is 21.3. The van der Waals surface area contributed by atoms with Gasteiger partial charge in [-0.3, -0.25) is 4.90 Å². The number of aromatic nitrogens is 2. The molecular formula is C26H31FN6O4. The van der Waals surface area contributed by atoms with Crippen LogP contribution in [0.1, 0.15) is 12.5 Å². The van der Waals surface area contributed by atoms with Crippen molar-refractivity contribution in [1.82, 2.24) is 14.9 Å². The van der Waals surface area contributed by atoms with Crippen LogP contribution in [0, 0.1) is 5.82 Å². The number of benzene rings is 2. The largest absolute Gasteiger partial charge is 0.497 e. The summed E-state index contributed by atoms with van der Waals surface area (Å²) in [6, 6.07) is 11.9. The van der Waals surface area contributed by atoms with Crippen LogP contribution in [-0.2, 0) is 6.54 Å². The maximum Gasteiger partial charge on any atom is 0.413 e. The maximum absolute atomic E-state index is 15.0. The molecule has 0 bridgehead atoms. The Hall–Kier alpha value is -4.12. The number of ether oxygens (including phenoxy) is 2. The van der Waals surface area contributed by atoms with E-state index in [2.05, 4.69) is 34.2 Å². The maximum atomic E-state index is 15.0. The third kappa shape index (κ3) is 6.00. The van der Waals surface area contributed by atoms with Crippen molar-refractivity contribution < 1.29 is 23.8 Å². The lowest BCUT2D eigenvalue weighted by Crippen LogP contribution is -2.50. The minimum absolute atomic E-state index is 0.0288. The van der Waals surface area contributed by atoms with E-state index in [0.717, 1.165) is 24.5 Å². The Kier molecular flexibility index (Phi) is 7.92. The number of likely N-dealkylation sites (N-methyl/N-ethyl adjacent to an activating group) is 1. The van der Waals surface area contributed by atoms with Gasteiger partial charge in [0.15, 0.2) is 0 Å². The average Bonchev–Trinajstić information content (AvgIpc) is 2.89. The number of piperazine rings is 1. The third-order valence-electron chi connectivity index (χ3n) is 6.47. The summed E-state index contributed by atoms with van der Waals surface area (Å²) in [5.74, 6) is 1.03. The molecule has 2 heterocycles. The Labute approximate surface area is 215 Å². The van der Waals surface area contributed by atoms with Crippen molar-refractivity contribution >= 4 is 29.2 Å². The Morgan fingerprint density at radius 2 is 2.00 bits per heavy atom. The number of hydrogen-bond acceptors (Lipinski definition) is 8. The van der Waals surface area contributed by atoms with E-state index in [1.54, 1.807) is 30.3 Å². The van der Waals surface area contributed by atoms with E-state index in [0.29, 0.717) is 34.5 Å². The van der Waals surface area contributed by atoms with Gasteiger partial charge in [0.1, 0.15) is 23.1 Å². The first-order valence-electron chi connectivity index (χ1n) is 11.8. The van der Waals surface area contributed by atoms with Crippen LogP contribution in [0.25, 0.3) is 0 Å². The summed E-state index contributed by atoms with van der Waals surface area (Å²) < 4.78 is 25.6. The van der Waals surface area contributed by atoms with Crippen molar-refractivity contribution in [2.45, 2.75) is 19.5 Å². The van der Waals surface area contributed by atoms with Gasteiger partial charge in [0, 0.05) is 43.1 Å². The van der Waals surface area contributed by atoms with Gasteiger partial charge < -0.3 is 29.7 Å². The fraction of sp³-hybridized carbons (Fsp3) is 0.346. The molecule has 10 nitrogen and oxygen atoms in total. The summed E-state index contributed by atoms with van der Waals surface area (Å²) >= 11 is 0. The van der Waals surface area contributed by atoms with Crippen molar-refractivity contribution in [2.75, 3.05) is 56.0 Å². The highest BCUT2D eigenvalue weighted by Crippen LogP contribution is 2.29. The fourth-order valence-corrected chi connectivity index (χ4v) is 4.22. The van der Waals surface area contributed by atoms with Gasteiger partial charge in [0.05, 0.1) is 26.5 Å². The van der Waals surface area contributed by atoms with Gasteiger partial charge in [0.25, 0.3) is 0 Å². The second kappa shape index (κ2) is 11.3. The van der Waals surface area contributed by atoms with Gasteiger partial charge in [-0.25, -0.2) is 14.2 Å². The number of rotatable bonds is 8. The van der Waals surface area contributed by atoms with Crippen molar-refractivity contribution in [2.24, 2.45) is 0 Å². The molecule has 4 rings (SSSR count). The van der Waals surface area contributed by atoms with Gasteiger partial charge >= 0.3 is 6.09 Å². The molecule has 2 N–H and O–H groups in total. The number of carbonyl (C=O) groups is 1. The van der Waals surface area contributed by atoms with Crippen LogP contribution >= 0.6 is 0 Å². The first-order valence-corrected chi connectivity index (χ1v) is 11.8. The number of hydrogen-bond donors (Lipinski definition) is 2. The second-order valence-corrected chi connectivity index (χ2v) is 8.85. The highest BCUT2D eigenvalue weighted by molar-refractivity contribution is 5.85. The molecule has 1 aliphatic heterocycles. The van der Waals surface area contributed by atoms with Crippen LogP contribution in [0.15, 0.2) is 48.7 Å². The summed E-state index contributed by atoms with van der Waals surface area (Å²) in [4.78, 5) is 26.0. The molecular weight excluding hydrogens is 479 g/mol. The smallest absolute Gasteiger partial charge is 0.413 e. The van der Waals surface area contributed by atoms with Crippen LogP contribution in [0.2, 0.25) is 0 Å². The number of nitrogens with one attached hydrogen (secondary N) is 1. The number of anilines is 4. The van der Waals surface area contributed by atoms with Gasteiger partial charge in [-0.15, -0.1) is 0 Å². The summed E-state index contributed by atoms with van der Waals surface area (Å²) in [7, 11) is 5.11. The van der Waals surface area contributed by atoms with Crippen molar-refractivity contribution in [1.29, 1.82) is 0 Å². The first kappa shape index (κ1) is 26.0. The molecule has 1 atom stereocenters. The quantitative estimate of drug-likeness (QED) is 0.461. The number of carboxylic acid groups (broad SMARTS) is 1. The van der Waals surface area contributed by atoms with Crippen molar-refractivity contribution in [3.05, 3.63) is 60.0 Å². The number of amides is 1. The first-order chi connectivity index (χ1) is 17.8. The minimum Gasteiger partial charge on any atom is -0.497 e. The summed E-state index contributed by atoms with van der Waals surface area (Å²) in [5.41, 5.74) is 1.61. The topological polar surface area (TPSA) is 103 Å². The van der Waals surface area contributed by atoms with E-state index >= 15 is 4.39 Å². The molecule has 0 aliphatic carbocycles. The van der Waals surface area contributed by atoms with Crippen LogP contribution < -0.4 is 24.6 Å². The van der Waals surface area contributed by atoms with E-state index in [1.165, 1.54) is 32.5 Å². The monoisotopic (exact) mass is 510 g/mol. The molecule has 1 aliphatic rings. The molecule has 196 valence electrons. The molecule has 3 aromatic rings. The standard InChI is InChI=1S/C26H31FN6O4/c1-17-15-32(12-11-31(17)2)22-7-5-19(14-21(22)27)29-25-28-10-9-24(30-25)33(26(34)35)16-18-13-20(36-3)6-8-23(18)37-4/h5-10,13-14,17H,11-12,15-16H2,1-4H3,(H,34,35)(H,28,29,30). The molecule has 2 aromatic carbocycles. The Balaban J connectivity index is 1.53. The minimum atomic E-state index is -1.20. The average molecular weight is 511 g/mol. The van der Waals surface area contributed by atoms with Gasteiger partial charge in [-0.1, -0.05) is 0 Å². The molecule has 0 radical (unpaired) electrons. The normalized spacial score (nSPS) is 15.8. The summed E-state index contributed by atoms with van der Waals surface area (Å²) in [5, 5.41) is 12.9.